The number of nitrogens with two attached hydrogens (primary N) is 1. The Labute approximate surface area is 117 Å². The maximum atomic E-state index is 11.3. The molecule has 0 aliphatic carbocycles. The first-order valence-corrected chi connectivity index (χ1v) is 6.32. The highest BCUT2D eigenvalue weighted by molar-refractivity contribution is 7.99. The minimum Gasteiger partial charge on any atom is -0.383 e. The van der Waals surface area contributed by atoms with Gasteiger partial charge in [-0.25, -0.2) is 4.98 Å². The summed E-state index contributed by atoms with van der Waals surface area (Å²) in [4.78, 5) is 28.7. The maximum absolute atomic E-state index is 11.3. The van der Waals surface area contributed by atoms with Crippen LogP contribution in [0.5, 0.6) is 0 Å². The number of aromatic amines is 1. The SMILES string of the molecule is CNc1cccc(Sc2nc(N)cc(=O)[nH]2)c1[N+](=O)[O-]. The molecule has 9 heteroatoms. The number of hydrogen-bond donors (Lipinski definition) is 3. The minimum absolute atomic E-state index is 0.0590. The van der Waals surface area contributed by atoms with E-state index in [9.17, 15) is 14.9 Å². The van der Waals surface area contributed by atoms with Crippen molar-refractivity contribution < 1.29 is 4.92 Å². The molecule has 20 heavy (non-hydrogen) atoms. The van der Waals surface area contributed by atoms with Crippen molar-refractivity contribution in [3.63, 3.8) is 0 Å². The van der Waals surface area contributed by atoms with Gasteiger partial charge in [0.2, 0.25) is 0 Å². The molecule has 0 unspecified atom stereocenters. The monoisotopic (exact) mass is 293 g/mol. The Morgan fingerprint density at radius 2 is 2.25 bits per heavy atom. The molecule has 0 spiro atoms. The van der Waals surface area contributed by atoms with E-state index in [0.717, 1.165) is 17.8 Å². The van der Waals surface area contributed by atoms with Gasteiger partial charge in [0, 0.05) is 13.1 Å². The second-order valence-electron chi connectivity index (χ2n) is 3.74. The number of hydrogen-bond acceptors (Lipinski definition) is 7. The Bertz CT molecular complexity index is 715. The number of nitrogens with one attached hydrogen (secondary N) is 2. The van der Waals surface area contributed by atoms with Gasteiger partial charge in [0.1, 0.15) is 11.5 Å². The second kappa shape index (κ2) is 5.61. The highest BCUT2D eigenvalue weighted by atomic mass is 32.2. The molecule has 2 rings (SSSR count). The fourth-order valence-electron chi connectivity index (χ4n) is 1.60. The van der Waals surface area contributed by atoms with Gasteiger partial charge in [0.25, 0.3) is 5.56 Å². The molecule has 0 aliphatic heterocycles. The van der Waals surface area contributed by atoms with Crippen LogP contribution in [0.15, 0.2) is 39.1 Å². The third kappa shape index (κ3) is 2.88. The van der Waals surface area contributed by atoms with Crippen molar-refractivity contribution in [3.8, 4) is 0 Å². The molecule has 8 nitrogen and oxygen atoms in total. The van der Waals surface area contributed by atoms with Gasteiger partial charge in [-0.3, -0.25) is 14.9 Å². The summed E-state index contributed by atoms with van der Waals surface area (Å²) in [5.41, 5.74) is 5.37. The van der Waals surface area contributed by atoms with Crippen LogP contribution in [-0.4, -0.2) is 21.9 Å². The summed E-state index contributed by atoms with van der Waals surface area (Å²) in [6.07, 6.45) is 0. The normalized spacial score (nSPS) is 10.2. The number of nitro benzene ring substituents is 1. The molecule has 0 amide bonds. The average molecular weight is 293 g/mol. The third-order valence-electron chi connectivity index (χ3n) is 2.40. The maximum Gasteiger partial charge on any atom is 0.306 e. The summed E-state index contributed by atoms with van der Waals surface area (Å²) < 4.78 is 0. The Kier molecular flexibility index (Phi) is 3.89. The van der Waals surface area contributed by atoms with Crippen molar-refractivity contribution >= 4 is 29.0 Å². The predicted octanol–water partition coefficient (Wildman–Crippen LogP) is 1.45. The number of aromatic nitrogens is 2. The van der Waals surface area contributed by atoms with Gasteiger partial charge >= 0.3 is 5.69 Å². The van der Waals surface area contributed by atoms with Crippen molar-refractivity contribution in [3.05, 3.63) is 44.7 Å². The number of para-hydroxylation sites is 1. The van der Waals surface area contributed by atoms with Crippen LogP contribution in [0.1, 0.15) is 0 Å². The number of rotatable bonds is 4. The van der Waals surface area contributed by atoms with Crippen LogP contribution in [-0.2, 0) is 0 Å². The molecule has 0 atom stereocenters. The molecule has 104 valence electrons. The molecule has 1 aromatic heterocycles. The van der Waals surface area contributed by atoms with E-state index in [4.69, 9.17) is 5.73 Å². The number of H-pyrrole nitrogens is 1. The highest BCUT2D eigenvalue weighted by Crippen LogP contribution is 2.37. The lowest BCUT2D eigenvalue weighted by atomic mass is 10.3. The van der Waals surface area contributed by atoms with E-state index in [0.29, 0.717) is 10.6 Å². The van der Waals surface area contributed by atoms with Gasteiger partial charge in [-0.15, -0.1) is 0 Å². The fourth-order valence-corrected chi connectivity index (χ4v) is 2.54. The van der Waals surface area contributed by atoms with Crippen LogP contribution < -0.4 is 16.6 Å². The van der Waals surface area contributed by atoms with Gasteiger partial charge in [-0.05, 0) is 23.9 Å². The van der Waals surface area contributed by atoms with Crippen molar-refractivity contribution in [2.24, 2.45) is 0 Å². The Balaban J connectivity index is 2.48. The zero-order valence-corrected chi connectivity index (χ0v) is 11.2. The Morgan fingerprint density at radius 1 is 1.50 bits per heavy atom. The molecule has 0 fully saturated rings. The first kappa shape index (κ1) is 13.9. The van der Waals surface area contributed by atoms with Crippen LogP contribution in [0.25, 0.3) is 0 Å². The van der Waals surface area contributed by atoms with E-state index >= 15 is 0 Å². The molecular formula is C11H11N5O3S. The molecule has 2 aromatic rings. The van der Waals surface area contributed by atoms with E-state index in [1.54, 1.807) is 25.2 Å². The summed E-state index contributed by atoms with van der Waals surface area (Å²) in [6, 6.07) is 5.98. The van der Waals surface area contributed by atoms with Crippen LogP contribution in [0, 0.1) is 10.1 Å². The third-order valence-corrected chi connectivity index (χ3v) is 3.33. The van der Waals surface area contributed by atoms with E-state index in [1.807, 2.05) is 0 Å². The van der Waals surface area contributed by atoms with Gasteiger partial charge in [0.15, 0.2) is 5.16 Å². The van der Waals surface area contributed by atoms with Crippen LogP contribution >= 0.6 is 11.8 Å². The van der Waals surface area contributed by atoms with Crippen molar-refractivity contribution in [2.45, 2.75) is 10.1 Å². The van der Waals surface area contributed by atoms with Gasteiger partial charge in [-0.1, -0.05) is 6.07 Å². The molecule has 1 aromatic carbocycles. The quantitative estimate of drug-likeness (QED) is 0.442. The summed E-state index contributed by atoms with van der Waals surface area (Å²) in [5, 5.41) is 14.1. The molecule has 0 saturated carbocycles. The fraction of sp³-hybridized carbons (Fsp3) is 0.0909. The van der Waals surface area contributed by atoms with Crippen molar-refractivity contribution in [1.82, 2.24) is 9.97 Å². The average Bonchev–Trinajstić information content (AvgIpc) is 2.36. The minimum atomic E-state index is -0.488. The Hall–Kier alpha value is -2.55. The number of nitrogens with zero attached hydrogens (tertiary/aromatic N) is 2. The van der Waals surface area contributed by atoms with Gasteiger partial charge in [-0.2, -0.15) is 0 Å². The Morgan fingerprint density at radius 3 is 2.85 bits per heavy atom. The second-order valence-corrected chi connectivity index (χ2v) is 4.77. The zero-order valence-electron chi connectivity index (χ0n) is 10.4. The predicted molar refractivity (Wildman–Crippen MR) is 76.0 cm³/mol. The topological polar surface area (TPSA) is 127 Å². The van der Waals surface area contributed by atoms with Crippen LogP contribution in [0.2, 0.25) is 0 Å². The first-order valence-electron chi connectivity index (χ1n) is 5.51. The largest absolute Gasteiger partial charge is 0.383 e. The molecule has 0 bridgehead atoms. The van der Waals surface area contributed by atoms with Crippen molar-refractivity contribution in [2.75, 3.05) is 18.1 Å². The number of nitrogen functional groups attached to an aromatic ring is 1. The zero-order chi connectivity index (χ0) is 14.7. The smallest absolute Gasteiger partial charge is 0.306 e. The summed E-state index contributed by atoms with van der Waals surface area (Å²) in [5.74, 6) is 0.0590. The number of nitro groups is 1. The van der Waals surface area contributed by atoms with Gasteiger partial charge in [0.05, 0.1) is 9.82 Å². The van der Waals surface area contributed by atoms with Crippen LogP contribution in [0.3, 0.4) is 0 Å². The lowest BCUT2D eigenvalue weighted by Gasteiger charge is -2.06. The molecule has 4 N–H and O–H groups in total. The first-order chi connectivity index (χ1) is 9.51. The summed E-state index contributed by atoms with van der Waals surface area (Å²) in [6.45, 7) is 0. The molecule has 1 heterocycles. The molecular weight excluding hydrogens is 282 g/mol. The van der Waals surface area contributed by atoms with E-state index < -0.39 is 10.5 Å². The lowest BCUT2D eigenvalue weighted by molar-refractivity contribution is -0.386. The molecule has 0 radical (unpaired) electrons. The highest BCUT2D eigenvalue weighted by Gasteiger charge is 2.20. The summed E-state index contributed by atoms with van der Waals surface area (Å²) >= 11 is 0.972. The standard InChI is InChI=1S/C11H11N5O3S/c1-13-6-3-2-4-7(10(6)16(18)19)20-11-14-8(12)5-9(17)15-11/h2-5,13H,1H3,(H3,12,14,15,17). The van der Waals surface area contributed by atoms with Crippen LogP contribution in [0.4, 0.5) is 17.2 Å². The number of benzene rings is 1. The van der Waals surface area contributed by atoms with Gasteiger partial charge < -0.3 is 16.0 Å². The summed E-state index contributed by atoms with van der Waals surface area (Å²) in [7, 11) is 1.59. The van der Waals surface area contributed by atoms with Crippen molar-refractivity contribution in [1.29, 1.82) is 0 Å². The van der Waals surface area contributed by atoms with E-state index in [2.05, 4.69) is 15.3 Å². The molecule has 0 aliphatic rings. The van der Waals surface area contributed by atoms with E-state index in [1.165, 1.54) is 0 Å². The van der Waals surface area contributed by atoms with E-state index in [-0.39, 0.29) is 16.7 Å². The molecule has 0 saturated heterocycles. The number of anilines is 2. The lowest BCUT2D eigenvalue weighted by Crippen LogP contribution is -2.09.